The lowest BCUT2D eigenvalue weighted by Crippen LogP contribution is -2.51. The lowest BCUT2D eigenvalue weighted by Gasteiger charge is -2.55. The molecular formula is C21H27NO4. The van der Waals surface area contributed by atoms with Gasteiger partial charge in [0.25, 0.3) is 0 Å². The van der Waals surface area contributed by atoms with Gasteiger partial charge < -0.3 is 15.2 Å². The van der Waals surface area contributed by atoms with E-state index in [-0.39, 0.29) is 19.1 Å². The van der Waals surface area contributed by atoms with Gasteiger partial charge >= 0.3 is 12.1 Å². The van der Waals surface area contributed by atoms with E-state index in [1.54, 1.807) is 0 Å². The number of aliphatic carboxylic acids is 1. The molecule has 0 heterocycles. The average molecular weight is 357 g/mol. The summed E-state index contributed by atoms with van der Waals surface area (Å²) >= 11 is 0. The number of alkyl carbamates (subject to hydrolysis) is 1. The molecule has 2 N–H and O–H groups in total. The monoisotopic (exact) mass is 357 g/mol. The van der Waals surface area contributed by atoms with Crippen molar-refractivity contribution in [1.29, 1.82) is 0 Å². The van der Waals surface area contributed by atoms with Crippen LogP contribution >= 0.6 is 0 Å². The normalized spacial score (nSPS) is 32.8. The third-order valence-electron chi connectivity index (χ3n) is 6.76. The Morgan fingerprint density at radius 2 is 1.65 bits per heavy atom. The largest absolute Gasteiger partial charge is 0.481 e. The molecule has 1 aromatic carbocycles. The molecule has 0 aromatic heterocycles. The summed E-state index contributed by atoms with van der Waals surface area (Å²) < 4.78 is 5.22. The van der Waals surface area contributed by atoms with Gasteiger partial charge in [-0.2, -0.15) is 0 Å². The van der Waals surface area contributed by atoms with Gasteiger partial charge in [0.15, 0.2) is 0 Å². The summed E-state index contributed by atoms with van der Waals surface area (Å²) in [5.74, 6) is 1.58. The van der Waals surface area contributed by atoms with E-state index in [2.05, 4.69) is 5.32 Å². The molecule has 4 fully saturated rings. The Morgan fingerprint density at radius 1 is 1.04 bits per heavy atom. The molecule has 0 radical (unpaired) electrons. The average Bonchev–Trinajstić information content (AvgIpc) is 2.62. The van der Waals surface area contributed by atoms with Gasteiger partial charge in [0.2, 0.25) is 0 Å². The maximum absolute atomic E-state index is 12.0. The Hall–Kier alpha value is -2.04. The van der Waals surface area contributed by atoms with Crippen LogP contribution in [0.3, 0.4) is 0 Å². The molecule has 4 aliphatic rings. The second kappa shape index (κ2) is 7.29. The Balaban J connectivity index is 1.33. The first-order chi connectivity index (χ1) is 12.6. The number of benzene rings is 1. The fourth-order valence-corrected chi connectivity index (χ4v) is 5.98. The lowest BCUT2D eigenvalue weighted by atomic mass is 9.49. The minimum absolute atomic E-state index is 0.163. The van der Waals surface area contributed by atoms with Gasteiger partial charge in [0, 0.05) is 6.54 Å². The van der Waals surface area contributed by atoms with Crippen LogP contribution in [0.2, 0.25) is 0 Å². The van der Waals surface area contributed by atoms with Crippen LogP contribution in [0.15, 0.2) is 30.3 Å². The van der Waals surface area contributed by atoms with Crippen LogP contribution in [0.5, 0.6) is 0 Å². The van der Waals surface area contributed by atoms with E-state index in [1.807, 2.05) is 30.3 Å². The smallest absolute Gasteiger partial charge is 0.407 e. The van der Waals surface area contributed by atoms with Crippen molar-refractivity contribution in [2.45, 2.75) is 38.7 Å². The summed E-state index contributed by atoms with van der Waals surface area (Å²) in [5.41, 5.74) is 0.915. The highest BCUT2D eigenvalue weighted by atomic mass is 16.5. The molecule has 5 nitrogen and oxygen atoms in total. The van der Waals surface area contributed by atoms with Crippen LogP contribution < -0.4 is 5.32 Å². The molecule has 0 spiro atoms. The molecule has 1 unspecified atom stereocenters. The number of carboxylic acids is 1. The van der Waals surface area contributed by atoms with Crippen molar-refractivity contribution in [3.05, 3.63) is 35.9 Å². The van der Waals surface area contributed by atoms with Crippen LogP contribution in [0.1, 0.15) is 37.7 Å². The number of rotatable bonds is 6. The molecule has 5 rings (SSSR count). The van der Waals surface area contributed by atoms with E-state index in [0.717, 1.165) is 17.4 Å². The number of ether oxygens (including phenoxy) is 1. The molecule has 4 saturated carbocycles. The maximum Gasteiger partial charge on any atom is 0.407 e. The molecular weight excluding hydrogens is 330 g/mol. The fraction of sp³-hybridized carbons (Fsp3) is 0.619. The van der Waals surface area contributed by atoms with Crippen LogP contribution in [0.25, 0.3) is 0 Å². The summed E-state index contributed by atoms with van der Waals surface area (Å²) in [6, 6.07) is 9.47. The zero-order valence-electron chi connectivity index (χ0n) is 15.0. The topological polar surface area (TPSA) is 75.6 Å². The van der Waals surface area contributed by atoms with Gasteiger partial charge in [0.05, 0.1) is 5.92 Å². The van der Waals surface area contributed by atoms with Gasteiger partial charge in [-0.1, -0.05) is 30.3 Å². The van der Waals surface area contributed by atoms with E-state index >= 15 is 0 Å². The number of nitrogens with one attached hydrogen (secondary N) is 1. The fourth-order valence-electron chi connectivity index (χ4n) is 5.98. The zero-order chi connectivity index (χ0) is 18.1. The summed E-state index contributed by atoms with van der Waals surface area (Å²) in [6.07, 6.45) is 5.53. The first-order valence-corrected chi connectivity index (χ1v) is 9.77. The number of amides is 1. The van der Waals surface area contributed by atoms with Crippen molar-refractivity contribution in [3.63, 3.8) is 0 Å². The summed E-state index contributed by atoms with van der Waals surface area (Å²) in [5, 5.41) is 12.5. The number of carboxylic acid groups (broad SMARTS) is 1. The molecule has 1 amide bonds. The van der Waals surface area contributed by atoms with E-state index in [1.165, 1.54) is 32.1 Å². The van der Waals surface area contributed by atoms with Crippen LogP contribution in [-0.4, -0.2) is 23.7 Å². The number of hydrogen-bond donors (Lipinski definition) is 2. The first kappa shape index (κ1) is 17.4. The minimum Gasteiger partial charge on any atom is -0.481 e. The first-order valence-electron chi connectivity index (χ1n) is 9.77. The van der Waals surface area contributed by atoms with Crippen LogP contribution in [-0.2, 0) is 16.1 Å². The van der Waals surface area contributed by atoms with E-state index in [9.17, 15) is 14.7 Å². The highest BCUT2D eigenvalue weighted by molar-refractivity contribution is 5.73. The molecule has 1 atom stereocenters. The van der Waals surface area contributed by atoms with Crippen molar-refractivity contribution in [2.75, 3.05) is 6.54 Å². The predicted molar refractivity (Wildman–Crippen MR) is 96.3 cm³/mol. The summed E-state index contributed by atoms with van der Waals surface area (Å²) in [4.78, 5) is 23.9. The molecule has 5 heteroatoms. The highest BCUT2D eigenvalue weighted by Crippen LogP contribution is 2.58. The van der Waals surface area contributed by atoms with Crippen molar-refractivity contribution < 1.29 is 19.4 Å². The lowest BCUT2D eigenvalue weighted by molar-refractivity contribution is -0.150. The number of hydrogen-bond acceptors (Lipinski definition) is 3. The van der Waals surface area contributed by atoms with Crippen LogP contribution in [0.4, 0.5) is 4.79 Å². The van der Waals surface area contributed by atoms with Crippen LogP contribution in [0, 0.1) is 35.5 Å². The molecule has 1 aromatic rings. The Kier molecular flexibility index (Phi) is 4.88. The Labute approximate surface area is 154 Å². The van der Waals surface area contributed by atoms with Crippen molar-refractivity contribution >= 4 is 12.1 Å². The van der Waals surface area contributed by atoms with Crippen molar-refractivity contribution in [2.24, 2.45) is 35.5 Å². The summed E-state index contributed by atoms with van der Waals surface area (Å²) in [7, 11) is 0. The number of carbonyl (C=O) groups is 2. The SMILES string of the molecule is O=C(NCC(C(=O)O)C1C2CC3CC(C2)CC1C3)OCc1ccccc1. The van der Waals surface area contributed by atoms with Gasteiger partial charge in [-0.15, -0.1) is 0 Å². The second-order valence-electron chi connectivity index (χ2n) is 8.40. The molecule has 0 saturated heterocycles. The van der Waals surface area contributed by atoms with E-state index in [4.69, 9.17) is 4.74 Å². The van der Waals surface area contributed by atoms with E-state index in [0.29, 0.717) is 11.8 Å². The Bertz CT molecular complexity index is 631. The quantitative estimate of drug-likeness (QED) is 0.814. The third kappa shape index (κ3) is 3.57. The third-order valence-corrected chi connectivity index (χ3v) is 6.76. The molecule has 140 valence electrons. The highest BCUT2D eigenvalue weighted by Gasteiger charge is 2.51. The molecule has 4 bridgehead atoms. The van der Waals surface area contributed by atoms with Gasteiger partial charge in [-0.05, 0) is 67.3 Å². The maximum atomic E-state index is 12.0. The molecule has 0 aliphatic heterocycles. The van der Waals surface area contributed by atoms with Gasteiger partial charge in [-0.25, -0.2) is 4.79 Å². The molecule has 26 heavy (non-hydrogen) atoms. The zero-order valence-corrected chi connectivity index (χ0v) is 15.0. The van der Waals surface area contributed by atoms with E-state index < -0.39 is 18.0 Å². The van der Waals surface area contributed by atoms with Crippen molar-refractivity contribution in [1.82, 2.24) is 5.32 Å². The second-order valence-corrected chi connectivity index (χ2v) is 8.40. The molecule has 4 aliphatic carbocycles. The number of carbonyl (C=O) groups excluding carboxylic acids is 1. The predicted octanol–water partition coefficient (Wildman–Crippen LogP) is 3.69. The standard InChI is InChI=1S/C21H27NO4/c23-20(24)18(11-22-21(25)26-12-13-4-2-1-3-5-13)19-16-7-14-6-15(9-16)10-17(19)8-14/h1-5,14-19H,6-12H2,(H,22,25)(H,23,24). The van der Waals surface area contributed by atoms with Crippen molar-refractivity contribution in [3.8, 4) is 0 Å². The summed E-state index contributed by atoms with van der Waals surface area (Å²) in [6.45, 7) is 0.360. The van der Waals surface area contributed by atoms with Gasteiger partial charge in [0.1, 0.15) is 6.61 Å². The minimum atomic E-state index is -0.786. The van der Waals surface area contributed by atoms with Gasteiger partial charge in [-0.3, -0.25) is 4.79 Å². The Morgan fingerprint density at radius 3 is 2.23 bits per heavy atom.